The van der Waals surface area contributed by atoms with Gasteiger partial charge in [-0.15, -0.1) is 11.3 Å². The largest absolute Gasteiger partial charge is 0.316 e. The Balaban J connectivity index is 2.01. The summed E-state index contributed by atoms with van der Waals surface area (Å²) in [7, 11) is 1.93. The first-order valence-electron chi connectivity index (χ1n) is 6.80. The van der Waals surface area contributed by atoms with Crippen LogP contribution in [-0.2, 0) is 6.42 Å². The topological polar surface area (TPSA) is 68.1 Å². The van der Waals surface area contributed by atoms with E-state index in [1.807, 2.05) is 20.0 Å². The van der Waals surface area contributed by atoms with Gasteiger partial charge in [0.25, 0.3) is 5.69 Å². The Morgan fingerprint density at radius 3 is 2.90 bits per heavy atom. The van der Waals surface area contributed by atoms with E-state index in [4.69, 9.17) is 0 Å². The summed E-state index contributed by atoms with van der Waals surface area (Å²) >= 11 is 1.50. The third-order valence-corrected chi connectivity index (χ3v) is 4.83. The molecule has 1 heterocycles. The van der Waals surface area contributed by atoms with Crippen LogP contribution in [-0.4, -0.2) is 23.0 Å². The number of thiazole rings is 1. The molecule has 3 rings (SSSR count). The Hall–Kier alpha value is -1.53. The van der Waals surface area contributed by atoms with E-state index in [2.05, 4.69) is 10.3 Å². The molecule has 0 spiro atoms. The maximum absolute atomic E-state index is 11.3. The molecule has 5 nitrogen and oxygen atoms in total. The van der Waals surface area contributed by atoms with Crippen molar-refractivity contribution in [3.05, 3.63) is 32.8 Å². The zero-order valence-electron chi connectivity index (χ0n) is 11.5. The number of hydrogen-bond acceptors (Lipinski definition) is 5. The highest BCUT2D eigenvalue weighted by atomic mass is 32.1. The van der Waals surface area contributed by atoms with Gasteiger partial charge in [0.2, 0.25) is 0 Å². The van der Waals surface area contributed by atoms with Crippen LogP contribution in [0.25, 0.3) is 10.2 Å². The van der Waals surface area contributed by atoms with E-state index in [1.54, 1.807) is 6.07 Å². The van der Waals surface area contributed by atoms with Gasteiger partial charge >= 0.3 is 0 Å². The second-order valence-corrected chi connectivity index (χ2v) is 6.61. The number of nitrogens with zero attached hydrogens (tertiary/aromatic N) is 2. The van der Waals surface area contributed by atoms with E-state index in [0.717, 1.165) is 20.8 Å². The van der Waals surface area contributed by atoms with Gasteiger partial charge in [-0.2, -0.15) is 0 Å². The molecule has 0 bridgehead atoms. The van der Waals surface area contributed by atoms with Gasteiger partial charge in [-0.1, -0.05) is 0 Å². The van der Waals surface area contributed by atoms with E-state index >= 15 is 0 Å². The number of fused-ring (bicyclic) bond motifs is 1. The van der Waals surface area contributed by atoms with Crippen LogP contribution < -0.4 is 5.32 Å². The van der Waals surface area contributed by atoms with Crippen molar-refractivity contribution in [1.82, 2.24) is 10.3 Å². The highest BCUT2D eigenvalue weighted by Gasteiger charge is 2.31. The number of nitrogens with one attached hydrogen (secondary N) is 1. The maximum atomic E-state index is 11.3. The van der Waals surface area contributed by atoms with Gasteiger partial charge in [-0.25, -0.2) is 4.98 Å². The first kappa shape index (κ1) is 13.5. The van der Waals surface area contributed by atoms with Crippen molar-refractivity contribution in [1.29, 1.82) is 0 Å². The van der Waals surface area contributed by atoms with Gasteiger partial charge in [-0.3, -0.25) is 10.1 Å². The van der Waals surface area contributed by atoms with Crippen LogP contribution in [0.5, 0.6) is 0 Å². The molecule has 1 atom stereocenters. The highest BCUT2D eigenvalue weighted by molar-refractivity contribution is 7.18. The average Bonchev–Trinajstić information content (AvgIpc) is 3.16. The molecule has 1 saturated carbocycles. The first-order valence-corrected chi connectivity index (χ1v) is 7.62. The quantitative estimate of drug-likeness (QED) is 0.679. The fourth-order valence-electron chi connectivity index (χ4n) is 2.70. The van der Waals surface area contributed by atoms with Crippen LogP contribution in [0.3, 0.4) is 0 Å². The summed E-state index contributed by atoms with van der Waals surface area (Å²) in [4.78, 5) is 15.5. The van der Waals surface area contributed by atoms with Gasteiger partial charge in [0, 0.05) is 17.7 Å². The third-order valence-electron chi connectivity index (χ3n) is 3.89. The fourth-order valence-corrected chi connectivity index (χ4v) is 3.54. The van der Waals surface area contributed by atoms with Crippen LogP contribution in [0.1, 0.15) is 23.4 Å². The molecule has 1 aliphatic carbocycles. The SMILES string of the molecule is CNC(Cc1cc2nc(C)sc2cc1[N+](=O)[O-])C1CC1. The summed E-state index contributed by atoms with van der Waals surface area (Å²) in [5.74, 6) is 0.660. The molecule has 6 heteroatoms. The summed E-state index contributed by atoms with van der Waals surface area (Å²) in [6, 6.07) is 3.89. The minimum atomic E-state index is -0.274. The van der Waals surface area contributed by atoms with Gasteiger partial charge in [0.05, 0.1) is 20.1 Å². The second kappa shape index (κ2) is 5.10. The predicted molar refractivity (Wildman–Crippen MR) is 80.3 cm³/mol. The molecule has 0 saturated heterocycles. The monoisotopic (exact) mass is 291 g/mol. The molecule has 0 amide bonds. The Kier molecular flexibility index (Phi) is 3.43. The molecule has 20 heavy (non-hydrogen) atoms. The molecule has 1 aromatic heterocycles. The number of nitro benzene ring substituents is 1. The van der Waals surface area contributed by atoms with E-state index in [9.17, 15) is 10.1 Å². The highest BCUT2D eigenvalue weighted by Crippen LogP contribution is 2.36. The van der Waals surface area contributed by atoms with Crippen LogP contribution >= 0.6 is 11.3 Å². The molecule has 1 fully saturated rings. The Labute approximate surface area is 121 Å². The summed E-state index contributed by atoms with van der Waals surface area (Å²) in [6.45, 7) is 1.93. The van der Waals surface area contributed by atoms with E-state index in [-0.39, 0.29) is 10.6 Å². The normalized spacial score (nSPS) is 16.5. The van der Waals surface area contributed by atoms with Gasteiger partial charge in [0.15, 0.2) is 0 Å². The van der Waals surface area contributed by atoms with Crippen molar-refractivity contribution in [2.24, 2.45) is 5.92 Å². The standard InChI is InChI=1S/C14H17N3O2S/c1-8-16-12-6-10(5-11(15-2)9-3-4-9)13(17(18)19)7-14(12)20-8/h6-7,9,11,15H,3-5H2,1-2H3. The number of aryl methyl sites for hydroxylation is 1. The van der Waals surface area contributed by atoms with Crippen molar-refractivity contribution in [3.8, 4) is 0 Å². The molecular weight excluding hydrogens is 274 g/mol. The van der Waals surface area contributed by atoms with Gasteiger partial charge < -0.3 is 5.32 Å². The second-order valence-electron chi connectivity index (χ2n) is 5.38. The smallest absolute Gasteiger partial charge is 0.274 e. The first-order chi connectivity index (χ1) is 9.58. The molecule has 106 valence electrons. The lowest BCUT2D eigenvalue weighted by Gasteiger charge is -2.15. The predicted octanol–water partition coefficient (Wildman–Crippen LogP) is 3.05. The zero-order valence-corrected chi connectivity index (χ0v) is 12.4. The molecule has 0 aliphatic heterocycles. The van der Waals surface area contributed by atoms with Crippen molar-refractivity contribution in [2.75, 3.05) is 7.05 Å². The summed E-state index contributed by atoms with van der Waals surface area (Å²) < 4.78 is 0.894. The van der Waals surface area contributed by atoms with Crippen molar-refractivity contribution < 1.29 is 4.92 Å². The Morgan fingerprint density at radius 1 is 1.55 bits per heavy atom. The van der Waals surface area contributed by atoms with Crippen LogP contribution in [0.2, 0.25) is 0 Å². The Morgan fingerprint density at radius 2 is 2.30 bits per heavy atom. The molecule has 0 radical (unpaired) electrons. The minimum absolute atomic E-state index is 0.224. The van der Waals surface area contributed by atoms with Crippen LogP contribution in [0, 0.1) is 23.0 Å². The lowest BCUT2D eigenvalue weighted by Crippen LogP contribution is -2.29. The van der Waals surface area contributed by atoms with Crippen molar-refractivity contribution >= 4 is 27.2 Å². The summed E-state index contributed by atoms with van der Waals surface area (Å²) in [5, 5.41) is 15.5. The minimum Gasteiger partial charge on any atom is -0.316 e. The average molecular weight is 291 g/mol. The molecule has 2 aromatic rings. The number of hydrogen-bond donors (Lipinski definition) is 1. The Bertz CT molecular complexity index is 664. The van der Waals surface area contributed by atoms with E-state index < -0.39 is 0 Å². The number of likely N-dealkylation sites (N-methyl/N-ethyl adjacent to an activating group) is 1. The van der Waals surface area contributed by atoms with Crippen molar-refractivity contribution in [3.63, 3.8) is 0 Å². The lowest BCUT2D eigenvalue weighted by molar-refractivity contribution is -0.385. The van der Waals surface area contributed by atoms with Gasteiger partial charge in [0.1, 0.15) is 0 Å². The van der Waals surface area contributed by atoms with Crippen LogP contribution in [0.4, 0.5) is 5.69 Å². The zero-order chi connectivity index (χ0) is 14.3. The summed E-state index contributed by atoms with van der Waals surface area (Å²) in [6.07, 6.45) is 3.14. The third kappa shape index (κ3) is 2.53. The molecular formula is C14H17N3O2S. The lowest BCUT2D eigenvalue weighted by atomic mass is 10.0. The molecule has 1 N–H and O–H groups in total. The van der Waals surface area contributed by atoms with Crippen LogP contribution in [0.15, 0.2) is 12.1 Å². The molecule has 1 aromatic carbocycles. The fraction of sp³-hybridized carbons (Fsp3) is 0.500. The molecule has 1 aliphatic rings. The number of rotatable bonds is 5. The number of aromatic nitrogens is 1. The number of benzene rings is 1. The summed E-state index contributed by atoms with van der Waals surface area (Å²) in [5.41, 5.74) is 1.89. The van der Waals surface area contributed by atoms with E-state index in [0.29, 0.717) is 18.4 Å². The maximum Gasteiger partial charge on any atom is 0.274 e. The van der Waals surface area contributed by atoms with Gasteiger partial charge in [-0.05, 0) is 45.2 Å². The number of nitro groups is 1. The van der Waals surface area contributed by atoms with Crippen molar-refractivity contribution in [2.45, 2.75) is 32.2 Å². The van der Waals surface area contributed by atoms with E-state index in [1.165, 1.54) is 24.2 Å². The molecule has 1 unspecified atom stereocenters.